The lowest BCUT2D eigenvalue weighted by atomic mass is 10.0. The van der Waals surface area contributed by atoms with E-state index in [0.29, 0.717) is 6.42 Å². The summed E-state index contributed by atoms with van der Waals surface area (Å²) in [6, 6.07) is 3.19. The molecule has 1 aromatic heterocycles. The Balaban J connectivity index is 1.72. The molecule has 1 aromatic rings. The van der Waals surface area contributed by atoms with Crippen molar-refractivity contribution < 1.29 is 19.1 Å². The fraction of sp³-hybridized carbons (Fsp3) is 0.600. The third kappa shape index (κ3) is 4.51. The second-order valence-corrected chi connectivity index (χ2v) is 5.62. The zero-order valence-electron chi connectivity index (χ0n) is 12.2. The van der Waals surface area contributed by atoms with Gasteiger partial charge in [-0.25, -0.2) is 4.79 Å². The molecular formula is C15H22N2O4. The van der Waals surface area contributed by atoms with E-state index in [1.54, 1.807) is 6.26 Å². The van der Waals surface area contributed by atoms with Crippen molar-refractivity contribution in [2.45, 2.75) is 51.1 Å². The number of hydrogen-bond acceptors (Lipinski definition) is 3. The molecule has 0 bridgehead atoms. The molecule has 3 atom stereocenters. The number of aliphatic carboxylic acids is 1. The van der Waals surface area contributed by atoms with Crippen molar-refractivity contribution in [2.75, 3.05) is 0 Å². The summed E-state index contributed by atoms with van der Waals surface area (Å²) < 4.78 is 5.24. The van der Waals surface area contributed by atoms with E-state index in [-0.39, 0.29) is 18.1 Å². The molecule has 6 heteroatoms. The predicted molar refractivity (Wildman–Crippen MR) is 76.9 cm³/mol. The highest BCUT2D eigenvalue weighted by atomic mass is 16.4. The number of amides is 2. The Kier molecular flexibility index (Phi) is 5.25. The van der Waals surface area contributed by atoms with Crippen LogP contribution in [-0.2, 0) is 11.2 Å². The van der Waals surface area contributed by atoms with E-state index in [2.05, 4.69) is 10.6 Å². The summed E-state index contributed by atoms with van der Waals surface area (Å²) in [5.74, 6) is -0.399. The number of carbonyl (C=O) groups excluding carboxylic acids is 1. The third-order valence-electron chi connectivity index (χ3n) is 3.93. The van der Waals surface area contributed by atoms with Crippen LogP contribution >= 0.6 is 0 Å². The first-order valence-electron chi connectivity index (χ1n) is 7.38. The summed E-state index contributed by atoms with van der Waals surface area (Å²) in [5.41, 5.74) is 0. The molecule has 2 rings (SSSR count). The highest BCUT2D eigenvalue weighted by molar-refractivity contribution is 5.77. The molecule has 0 saturated heterocycles. The maximum absolute atomic E-state index is 11.9. The maximum atomic E-state index is 11.9. The molecule has 0 radical (unpaired) electrons. The lowest BCUT2D eigenvalue weighted by molar-refractivity contribution is -0.142. The Labute approximate surface area is 123 Å². The topological polar surface area (TPSA) is 91.6 Å². The molecular weight excluding hydrogens is 272 g/mol. The lowest BCUT2D eigenvalue weighted by Crippen LogP contribution is -2.47. The van der Waals surface area contributed by atoms with Crippen LogP contribution in [0.5, 0.6) is 0 Å². The monoisotopic (exact) mass is 294 g/mol. The minimum atomic E-state index is -0.830. The van der Waals surface area contributed by atoms with E-state index >= 15 is 0 Å². The molecule has 1 fully saturated rings. The number of hydrogen-bond donors (Lipinski definition) is 3. The van der Waals surface area contributed by atoms with E-state index in [1.165, 1.54) is 0 Å². The van der Waals surface area contributed by atoms with Crippen LogP contribution in [0.4, 0.5) is 4.79 Å². The minimum Gasteiger partial charge on any atom is -0.481 e. The molecule has 1 saturated carbocycles. The lowest BCUT2D eigenvalue weighted by Gasteiger charge is -2.20. The van der Waals surface area contributed by atoms with Crippen LogP contribution < -0.4 is 10.6 Å². The van der Waals surface area contributed by atoms with Crippen LogP contribution in [0.15, 0.2) is 22.8 Å². The fourth-order valence-electron chi connectivity index (χ4n) is 2.75. The van der Waals surface area contributed by atoms with Gasteiger partial charge >= 0.3 is 12.0 Å². The zero-order chi connectivity index (χ0) is 15.2. The average Bonchev–Trinajstić information content (AvgIpc) is 3.06. The van der Waals surface area contributed by atoms with E-state index in [1.807, 2.05) is 19.1 Å². The molecule has 1 aliphatic rings. The molecule has 1 heterocycles. The number of aryl methyl sites for hydroxylation is 1. The zero-order valence-corrected chi connectivity index (χ0v) is 12.2. The van der Waals surface area contributed by atoms with Crippen LogP contribution in [0.3, 0.4) is 0 Å². The molecule has 0 spiro atoms. The van der Waals surface area contributed by atoms with Gasteiger partial charge in [0, 0.05) is 18.5 Å². The van der Waals surface area contributed by atoms with Gasteiger partial charge in [0.1, 0.15) is 5.76 Å². The SMILES string of the molecule is CC(CCc1ccco1)NC(=O)NC1CCCC1C(=O)O. The minimum absolute atomic E-state index is 0.000203. The van der Waals surface area contributed by atoms with Crippen molar-refractivity contribution in [1.29, 1.82) is 0 Å². The van der Waals surface area contributed by atoms with Gasteiger partial charge < -0.3 is 20.2 Å². The Bertz CT molecular complexity index is 472. The molecule has 3 N–H and O–H groups in total. The summed E-state index contributed by atoms with van der Waals surface area (Å²) in [5, 5.41) is 14.7. The molecule has 21 heavy (non-hydrogen) atoms. The van der Waals surface area contributed by atoms with Gasteiger partial charge in [-0.2, -0.15) is 0 Å². The van der Waals surface area contributed by atoms with Gasteiger partial charge in [-0.15, -0.1) is 0 Å². The number of urea groups is 1. The molecule has 3 unspecified atom stereocenters. The maximum Gasteiger partial charge on any atom is 0.315 e. The van der Waals surface area contributed by atoms with Gasteiger partial charge in [0.05, 0.1) is 12.2 Å². The molecule has 6 nitrogen and oxygen atoms in total. The van der Waals surface area contributed by atoms with Gasteiger partial charge in [-0.3, -0.25) is 4.79 Å². The van der Waals surface area contributed by atoms with Crippen LogP contribution in [0.25, 0.3) is 0 Å². The Morgan fingerprint density at radius 2 is 2.29 bits per heavy atom. The van der Waals surface area contributed by atoms with Crippen molar-refractivity contribution in [3.63, 3.8) is 0 Å². The molecule has 0 aliphatic heterocycles. The summed E-state index contributed by atoms with van der Waals surface area (Å²) in [4.78, 5) is 23.0. The highest BCUT2D eigenvalue weighted by Gasteiger charge is 2.33. The van der Waals surface area contributed by atoms with Crippen molar-refractivity contribution in [2.24, 2.45) is 5.92 Å². The van der Waals surface area contributed by atoms with Crippen molar-refractivity contribution >= 4 is 12.0 Å². The number of carbonyl (C=O) groups is 2. The molecule has 2 amide bonds. The second-order valence-electron chi connectivity index (χ2n) is 5.62. The summed E-state index contributed by atoms with van der Waals surface area (Å²) in [6.07, 6.45) is 5.37. The molecule has 1 aliphatic carbocycles. The largest absolute Gasteiger partial charge is 0.481 e. The van der Waals surface area contributed by atoms with Gasteiger partial charge in [-0.05, 0) is 38.3 Å². The predicted octanol–water partition coefficient (Wildman–Crippen LogP) is 2.15. The third-order valence-corrected chi connectivity index (χ3v) is 3.93. The normalized spacial score (nSPS) is 22.7. The van der Waals surface area contributed by atoms with Crippen molar-refractivity contribution in [3.05, 3.63) is 24.2 Å². The quantitative estimate of drug-likeness (QED) is 0.749. The standard InChI is InChI=1S/C15H22N2O4/c1-10(7-8-11-4-3-9-21-11)16-15(20)17-13-6-2-5-12(13)14(18)19/h3-4,9-10,12-13H,2,5-8H2,1H3,(H,18,19)(H2,16,17,20). The van der Waals surface area contributed by atoms with E-state index in [0.717, 1.165) is 31.4 Å². The van der Waals surface area contributed by atoms with Crippen molar-refractivity contribution in [1.82, 2.24) is 10.6 Å². The number of nitrogens with one attached hydrogen (secondary N) is 2. The van der Waals surface area contributed by atoms with Crippen LogP contribution in [0, 0.1) is 5.92 Å². The fourth-order valence-corrected chi connectivity index (χ4v) is 2.75. The van der Waals surface area contributed by atoms with Gasteiger partial charge in [-0.1, -0.05) is 6.42 Å². The Hall–Kier alpha value is -1.98. The highest BCUT2D eigenvalue weighted by Crippen LogP contribution is 2.25. The summed E-state index contributed by atoms with van der Waals surface area (Å²) in [6.45, 7) is 1.92. The summed E-state index contributed by atoms with van der Waals surface area (Å²) >= 11 is 0. The van der Waals surface area contributed by atoms with E-state index in [4.69, 9.17) is 9.52 Å². The van der Waals surface area contributed by atoms with Crippen LogP contribution in [0.1, 0.15) is 38.4 Å². The smallest absolute Gasteiger partial charge is 0.315 e. The number of rotatable bonds is 6. The average molecular weight is 294 g/mol. The second kappa shape index (κ2) is 7.15. The Morgan fingerprint density at radius 3 is 2.95 bits per heavy atom. The number of carboxylic acids is 1. The van der Waals surface area contributed by atoms with Crippen LogP contribution in [0.2, 0.25) is 0 Å². The first-order valence-corrected chi connectivity index (χ1v) is 7.38. The van der Waals surface area contributed by atoms with Crippen LogP contribution in [-0.4, -0.2) is 29.2 Å². The molecule has 0 aromatic carbocycles. The summed E-state index contributed by atoms with van der Waals surface area (Å²) in [7, 11) is 0. The van der Waals surface area contributed by atoms with Gasteiger partial charge in [0.15, 0.2) is 0 Å². The van der Waals surface area contributed by atoms with Gasteiger partial charge in [0.25, 0.3) is 0 Å². The first kappa shape index (κ1) is 15.4. The van der Waals surface area contributed by atoms with Crippen molar-refractivity contribution in [3.8, 4) is 0 Å². The Morgan fingerprint density at radius 1 is 1.48 bits per heavy atom. The number of carboxylic acid groups (broad SMARTS) is 1. The molecule has 116 valence electrons. The van der Waals surface area contributed by atoms with E-state index in [9.17, 15) is 9.59 Å². The van der Waals surface area contributed by atoms with E-state index < -0.39 is 11.9 Å². The van der Waals surface area contributed by atoms with Gasteiger partial charge in [0.2, 0.25) is 0 Å². The number of furan rings is 1. The first-order chi connectivity index (χ1) is 10.1.